The molecule has 3 rings (SSSR count). The van der Waals surface area contributed by atoms with Crippen LogP contribution in [0.2, 0.25) is 0 Å². The van der Waals surface area contributed by atoms with Crippen LogP contribution in [0, 0.1) is 0 Å². The van der Waals surface area contributed by atoms with E-state index in [0.29, 0.717) is 18.9 Å². The molecule has 2 aromatic heterocycles. The molecule has 0 bridgehead atoms. The molecule has 1 amide bonds. The Labute approximate surface area is 199 Å². The number of carbonyl (C=O) groups excluding carboxylic acids is 1. The lowest BCUT2D eigenvalue weighted by molar-refractivity contribution is -0.138. The molecule has 0 aliphatic carbocycles. The normalized spacial score (nSPS) is 15.8. The number of pyridine rings is 1. The summed E-state index contributed by atoms with van der Waals surface area (Å²) in [6, 6.07) is 1.41. The summed E-state index contributed by atoms with van der Waals surface area (Å²) >= 11 is 0. The summed E-state index contributed by atoms with van der Waals surface area (Å²) in [4.78, 5) is 35.8. The van der Waals surface area contributed by atoms with E-state index in [9.17, 15) is 35.9 Å². The summed E-state index contributed by atoms with van der Waals surface area (Å²) in [6.07, 6.45) is -6.69. The lowest BCUT2D eigenvalue weighted by atomic mass is 10.2. The molecule has 0 aromatic carbocycles. The molecule has 1 aliphatic heterocycles. The first-order valence-corrected chi connectivity index (χ1v) is 10.5. The number of aromatic nitrogens is 3. The maximum Gasteiger partial charge on any atom is 0.423 e. The standard InChI is InChI=1S/C20H21F6N7O3/c1-12(30-14-10-28-31-18(35)17(14)20(24,25)26)8-29-36-11-16(34)33-6-4-32(5-7-33)15-3-2-13(9-27-15)19(21,22)23/h2-3,8-10,12H,4-7,11H2,1H3,(H2,30,31,35)/b29-8+/t12-/m0/s1. The number of carbonyl (C=O) groups is 1. The largest absolute Gasteiger partial charge is 0.423 e. The Morgan fingerprint density at radius 1 is 1.17 bits per heavy atom. The van der Waals surface area contributed by atoms with Gasteiger partial charge >= 0.3 is 12.4 Å². The Hall–Kier alpha value is -3.85. The zero-order valence-electron chi connectivity index (χ0n) is 18.7. The maximum absolute atomic E-state index is 13.1. The van der Waals surface area contributed by atoms with Gasteiger partial charge in [0, 0.05) is 32.4 Å². The van der Waals surface area contributed by atoms with Gasteiger partial charge in [0.05, 0.1) is 29.7 Å². The first-order chi connectivity index (χ1) is 16.9. The summed E-state index contributed by atoms with van der Waals surface area (Å²) in [5.41, 5.74) is -4.22. The molecule has 3 heterocycles. The molecule has 0 saturated carbocycles. The molecule has 16 heteroatoms. The van der Waals surface area contributed by atoms with Crippen molar-refractivity contribution >= 4 is 23.6 Å². The van der Waals surface area contributed by atoms with E-state index < -0.39 is 53.3 Å². The lowest BCUT2D eigenvalue weighted by Crippen LogP contribution is -2.49. The van der Waals surface area contributed by atoms with Crippen LogP contribution in [0.4, 0.5) is 37.8 Å². The average Bonchev–Trinajstić information content (AvgIpc) is 2.80. The van der Waals surface area contributed by atoms with Gasteiger partial charge in [-0.25, -0.2) is 10.1 Å². The molecule has 0 radical (unpaired) electrons. The fraction of sp³-hybridized carbons (Fsp3) is 0.450. The summed E-state index contributed by atoms with van der Waals surface area (Å²) in [5.74, 6) is -0.0346. The number of anilines is 2. The maximum atomic E-state index is 13.1. The van der Waals surface area contributed by atoms with Crippen LogP contribution in [0.25, 0.3) is 0 Å². The fourth-order valence-electron chi connectivity index (χ4n) is 3.32. The Morgan fingerprint density at radius 3 is 2.44 bits per heavy atom. The van der Waals surface area contributed by atoms with E-state index >= 15 is 0 Å². The van der Waals surface area contributed by atoms with Crippen LogP contribution in [0.1, 0.15) is 18.1 Å². The minimum Gasteiger partial charge on any atom is -0.386 e. The van der Waals surface area contributed by atoms with Gasteiger partial charge in [-0.05, 0) is 19.1 Å². The van der Waals surface area contributed by atoms with Gasteiger partial charge in [0.2, 0.25) is 0 Å². The second kappa shape index (κ2) is 10.8. The van der Waals surface area contributed by atoms with Gasteiger partial charge in [-0.2, -0.15) is 31.4 Å². The van der Waals surface area contributed by atoms with Crippen molar-refractivity contribution in [1.82, 2.24) is 20.1 Å². The molecule has 36 heavy (non-hydrogen) atoms. The van der Waals surface area contributed by atoms with Crippen molar-refractivity contribution < 1.29 is 36.0 Å². The van der Waals surface area contributed by atoms with E-state index in [1.165, 1.54) is 17.9 Å². The fourth-order valence-corrected chi connectivity index (χ4v) is 3.32. The van der Waals surface area contributed by atoms with Crippen LogP contribution in [0.3, 0.4) is 0 Å². The summed E-state index contributed by atoms with van der Waals surface area (Å²) < 4.78 is 77.2. The predicted molar refractivity (Wildman–Crippen MR) is 115 cm³/mol. The van der Waals surface area contributed by atoms with Crippen molar-refractivity contribution in [3.05, 3.63) is 46.0 Å². The van der Waals surface area contributed by atoms with E-state index in [2.05, 4.69) is 20.6 Å². The van der Waals surface area contributed by atoms with Crippen LogP contribution in [0.15, 0.2) is 34.5 Å². The highest BCUT2D eigenvalue weighted by Crippen LogP contribution is 2.31. The van der Waals surface area contributed by atoms with Crippen molar-refractivity contribution in [2.24, 2.45) is 5.16 Å². The molecular formula is C20H21F6N7O3. The monoisotopic (exact) mass is 521 g/mol. The molecular weight excluding hydrogens is 500 g/mol. The molecule has 196 valence electrons. The van der Waals surface area contributed by atoms with Gasteiger partial charge in [0.1, 0.15) is 11.4 Å². The number of H-pyrrole nitrogens is 1. The van der Waals surface area contributed by atoms with E-state index in [1.54, 1.807) is 10.00 Å². The third-order valence-corrected chi connectivity index (χ3v) is 5.10. The molecule has 0 spiro atoms. The first kappa shape index (κ1) is 26.7. The number of oxime groups is 1. The van der Waals surface area contributed by atoms with Crippen LogP contribution in [-0.4, -0.2) is 71.0 Å². The number of rotatable bonds is 7. The van der Waals surface area contributed by atoms with E-state index in [-0.39, 0.29) is 13.1 Å². The molecule has 1 aliphatic rings. The molecule has 0 unspecified atom stereocenters. The average molecular weight is 521 g/mol. The molecule has 1 saturated heterocycles. The van der Waals surface area contributed by atoms with Crippen molar-refractivity contribution in [1.29, 1.82) is 0 Å². The molecule has 2 N–H and O–H groups in total. The van der Waals surface area contributed by atoms with E-state index in [1.807, 2.05) is 0 Å². The summed E-state index contributed by atoms with van der Waals surface area (Å²) in [5, 5.41) is 11.1. The highest BCUT2D eigenvalue weighted by Gasteiger charge is 2.37. The zero-order chi connectivity index (χ0) is 26.5. The molecule has 1 atom stereocenters. The quantitative estimate of drug-likeness (QED) is 0.327. The number of hydrogen-bond donors (Lipinski definition) is 2. The number of nitrogens with zero attached hydrogens (tertiary/aromatic N) is 5. The SMILES string of the molecule is C[C@@H](/C=N/OCC(=O)N1CCN(c2ccc(C(F)(F)F)cn2)CC1)Nc1cn[nH]c(=O)c1C(F)(F)F. The molecule has 2 aromatic rings. The number of nitrogens with one attached hydrogen (secondary N) is 2. The third-order valence-electron chi connectivity index (χ3n) is 5.10. The number of aromatic amines is 1. The smallest absolute Gasteiger partial charge is 0.386 e. The number of halogens is 6. The van der Waals surface area contributed by atoms with Crippen LogP contribution in [0.5, 0.6) is 0 Å². The van der Waals surface area contributed by atoms with E-state index in [4.69, 9.17) is 4.84 Å². The van der Waals surface area contributed by atoms with Gasteiger partial charge in [-0.3, -0.25) is 9.59 Å². The van der Waals surface area contributed by atoms with Gasteiger partial charge in [0.25, 0.3) is 11.5 Å². The lowest BCUT2D eigenvalue weighted by Gasteiger charge is -2.35. The third kappa shape index (κ3) is 6.85. The van der Waals surface area contributed by atoms with Crippen molar-refractivity contribution in [3.8, 4) is 0 Å². The number of alkyl halides is 6. The van der Waals surface area contributed by atoms with Gasteiger partial charge in [-0.1, -0.05) is 5.16 Å². The Bertz CT molecular complexity index is 1130. The number of piperazine rings is 1. The van der Waals surface area contributed by atoms with Crippen molar-refractivity contribution in [2.45, 2.75) is 25.3 Å². The first-order valence-electron chi connectivity index (χ1n) is 10.5. The van der Waals surface area contributed by atoms with Crippen LogP contribution in [-0.2, 0) is 22.0 Å². The number of hydrogen-bond acceptors (Lipinski definition) is 8. The van der Waals surface area contributed by atoms with Gasteiger partial charge < -0.3 is 20.0 Å². The van der Waals surface area contributed by atoms with Crippen molar-refractivity contribution in [3.63, 3.8) is 0 Å². The number of amides is 1. The zero-order valence-corrected chi connectivity index (χ0v) is 18.7. The second-order valence-corrected chi connectivity index (χ2v) is 7.72. The van der Waals surface area contributed by atoms with Gasteiger partial charge in [-0.15, -0.1) is 0 Å². The van der Waals surface area contributed by atoms with E-state index in [0.717, 1.165) is 24.7 Å². The van der Waals surface area contributed by atoms with Crippen LogP contribution < -0.4 is 15.8 Å². The topological polar surface area (TPSA) is 116 Å². The minimum absolute atomic E-state index is 0.280. The Morgan fingerprint density at radius 2 is 1.86 bits per heavy atom. The predicted octanol–water partition coefficient (Wildman–Crippen LogP) is 2.35. The van der Waals surface area contributed by atoms with Crippen LogP contribution >= 0.6 is 0 Å². The van der Waals surface area contributed by atoms with Crippen molar-refractivity contribution in [2.75, 3.05) is 43.0 Å². The second-order valence-electron chi connectivity index (χ2n) is 7.72. The highest BCUT2D eigenvalue weighted by atomic mass is 19.4. The minimum atomic E-state index is -4.90. The Kier molecular flexibility index (Phi) is 8.04. The van der Waals surface area contributed by atoms with Gasteiger partial charge in [0.15, 0.2) is 6.61 Å². The summed E-state index contributed by atoms with van der Waals surface area (Å²) in [7, 11) is 0. The molecule has 10 nitrogen and oxygen atoms in total. The molecule has 1 fully saturated rings. The summed E-state index contributed by atoms with van der Waals surface area (Å²) in [6.45, 7) is 2.28. The Balaban J connectivity index is 1.45. The highest BCUT2D eigenvalue weighted by molar-refractivity contribution is 5.78.